The van der Waals surface area contributed by atoms with Gasteiger partial charge in [0.05, 0.1) is 24.0 Å². The summed E-state index contributed by atoms with van der Waals surface area (Å²) in [6.07, 6.45) is 0.769. The van der Waals surface area contributed by atoms with E-state index in [1.54, 1.807) is 12.1 Å². The molecule has 5 nitrogen and oxygen atoms in total. The lowest BCUT2D eigenvalue weighted by Crippen LogP contribution is -2.43. The van der Waals surface area contributed by atoms with Crippen LogP contribution in [0.2, 0.25) is 0 Å². The van der Waals surface area contributed by atoms with Crippen molar-refractivity contribution in [3.63, 3.8) is 0 Å². The summed E-state index contributed by atoms with van der Waals surface area (Å²) in [5.74, 6) is -3.03. The number of ether oxygens (including phenoxy) is 1. The van der Waals surface area contributed by atoms with Crippen LogP contribution in [0.4, 0.5) is 4.39 Å². The van der Waals surface area contributed by atoms with E-state index in [9.17, 15) is 19.1 Å². The number of carboxylic acids is 1. The third-order valence-electron chi connectivity index (χ3n) is 4.24. The molecule has 2 saturated heterocycles. The molecular weight excluding hydrogens is 277 g/mol. The Morgan fingerprint density at radius 2 is 1.81 bits per heavy atom. The molecular formula is C15H16FNO4. The highest BCUT2D eigenvalue weighted by molar-refractivity contribution is 5.86. The van der Waals surface area contributed by atoms with Crippen LogP contribution < -0.4 is 5.32 Å². The van der Waals surface area contributed by atoms with Gasteiger partial charge in [-0.3, -0.25) is 9.59 Å². The summed E-state index contributed by atoms with van der Waals surface area (Å²) in [6, 6.07) is 5.81. The average Bonchev–Trinajstić information content (AvgIpc) is 3.06. The van der Waals surface area contributed by atoms with Crippen molar-refractivity contribution in [1.29, 1.82) is 0 Å². The fourth-order valence-corrected chi connectivity index (χ4v) is 3.23. The van der Waals surface area contributed by atoms with Gasteiger partial charge in [0.15, 0.2) is 0 Å². The molecule has 0 aliphatic carbocycles. The first-order valence-corrected chi connectivity index (χ1v) is 6.96. The van der Waals surface area contributed by atoms with Gasteiger partial charge in [0.25, 0.3) is 0 Å². The molecule has 1 aromatic carbocycles. The molecule has 4 atom stereocenters. The minimum absolute atomic E-state index is 0.249. The first-order valence-electron chi connectivity index (χ1n) is 6.96. The van der Waals surface area contributed by atoms with Crippen molar-refractivity contribution < 1.29 is 23.8 Å². The van der Waals surface area contributed by atoms with Crippen molar-refractivity contribution >= 4 is 11.9 Å². The van der Waals surface area contributed by atoms with E-state index in [1.807, 2.05) is 0 Å². The summed E-state index contributed by atoms with van der Waals surface area (Å²) >= 11 is 0. The molecule has 6 heteroatoms. The van der Waals surface area contributed by atoms with Crippen molar-refractivity contribution in [3.8, 4) is 0 Å². The maximum atomic E-state index is 12.8. The van der Waals surface area contributed by atoms with E-state index in [4.69, 9.17) is 4.74 Å². The van der Waals surface area contributed by atoms with Gasteiger partial charge in [-0.05, 0) is 30.5 Å². The van der Waals surface area contributed by atoms with Gasteiger partial charge in [0.2, 0.25) is 5.91 Å². The van der Waals surface area contributed by atoms with Crippen molar-refractivity contribution in [2.45, 2.75) is 31.6 Å². The minimum Gasteiger partial charge on any atom is -0.481 e. The van der Waals surface area contributed by atoms with Crippen molar-refractivity contribution in [2.75, 3.05) is 0 Å². The predicted octanol–water partition coefficient (Wildman–Crippen LogP) is 1.32. The summed E-state index contributed by atoms with van der Waals surface area (Å²) in [5, 5.41) is 12.0. The number of nitrogens with one attached hydrogen (secondary N) is 1. The van der Waals surface area contributed by atoms with Gasteiger partial charge in [0.1, 0.15) is 5.82 Å². The third-order valence-corrected chi connectivity index (χ3v) is 4.24. The molecule has 0 saturated carbocycles. The van der Waals surface area contributed by atoms with Crippen molar-refractivity contribution in [2.24, 2.45) is 11.8 Å². The van der Waals surface area contributed by atoms with E-state index >= 15 is 0 Å². The Hall–Kier alpha value is -1.95. The Balaban J connectivity index is 1.64. The molecule has 2 heterocycles. The highest BCUT2D eigenvalue weighted by atomic mass is 19.1. The number of hydrogen-bond acceptors (Lipinski definition) is 3. The topological polar surface area (TPSA) is 75.6 Å². The maximum absolute atomic E-state index is 12.8. The number of benzene rings is 1. The highest BCUT2D eigenvalue weighted by Crippen LogP contribution is 2.43. The molecule has 2 N–H and O–H groups in total. The molecule has 21 heavy (non-hydrogen) atoms. The maximum Gasteiger partial charge on any atom is 0.310 e. The summed E-state index contributed by atoms with van der Waals surface area (Å²) in [6.45, 7) is 0.249. The van der Waals surface area contributed by atoms with Gasteiger partial charge in [-0.2, -0.15) is 0 Å². The van der Waals surface area contributed by atoms with Crippen LogP contribution in [0.3, 0.4) is 0 Å². The Labute approximate surface area is 121 Å². The number of amides is 1. The zero-order valence-electron chi connectivity index (χ0n) is 11.3. The first kappa shape index (κ1) is 14.0. The number of carbonyl (C=O) groups excluding carboxylic acids is 1. The summed E-state index contributed by atoms with van der Waals surface area (Å²) < 4.78 is 18.4. The van der Waals surface area contributed by atoms with Crippen LogP contribution in [-0.2, 0) is 20.9 Å². The number of halogens is 1. The second-order valence-electron chi connectivity index (χ2n) is 5.52. The highest BCUT2D eigenvalue weighted by Gasteiger charge is 2.55. The van der Waals surface area contributed by atoms with Crippen LogP contribution in [0.25, 0.3) is 0 Å². The standard InChI is InChI=1S/C15H16FNO4/c16-9-3-1-8(2-4-9)7-17-14(18)12-10-5-6-11(21-10)13(12)15(19)20/h1-4,10-13H,5-7H2,(H,17,18)(H,19,20)/t10-,11-,12+,13-/m0/s1. The molecule has 1 aromatic rings. The molecule has 2 aliphatic heterocycles. The van der Waals surface area contributed by atoms with Gasteiger partial charge in [-0.1, -0.05) is 12.1 Å². The van der Waals surface area contributed by atoms with Gasteiger partial charge in [-0.25, -0.2) is 4.39 Å². The Kier molecular flexibility index (Phi) is 3.63. The van der Waals surface area contributed by atoms with Crippen LogP contribution in [0.1, 0.15) is 18.4 Å². The van der Waals surface area contributed by atoms with Gasteiger partial charge >= 0.3 is 5.97 Å². The number of aliphatic carboxylic acids is 1. The third kappa shape index (κ3) is 2.63. The van der Waals surface area contributed by atoms with E-state index < -0.39 is 17.8 Å². The second kappa shape index (κ2) is 5.44. The molecule has 0 radical (unpaired) electrons. The summed E-state index contributed by atoms with van der Waals surface area (Å²) in [7, 11) is 0. The zero-order valence-corrected chi connectivity index (χ0v) is 11.3. The lowest BCUT2D eigenvalue weighted by atomic mass is 9.78. The Morgan fingerprint density at radius 1 is 1.19 bits per heavy atom. The molecule has 2 bridgehead atoms. The summed E-state index contributed by atoms with van der Waals surface area (Å²) in [4.78, 5) is 23.6. The molecule has 112 valence electrons. The number of fused-ring (bicyclic) bond motifs is 2. The number of hydrogen-bond donors (Lipinski definition) is 2. The Morgan fingerprint density at radius 3 is 2.43 bits per heavy atom. The lowest BCUT2D eigenvalue weighted by Gasteiger charge is -2.23. The SMILES string of the molecule is O=C(O)[C@@H]1[C@H](C(=O)NCc2ccc(F)cc2)[C@@H]2CC[C@@H]1O2. The molecule has 2 aliphatic rings. The Bertz CT molecular complexity index is 559. The van der Waals surface area contributed by atoms with Crippen LogP contribution in [0.5, 0.6) is 0 Å². The smallest absolute Gasteiger partial charge is 0.310 e. The fourth-order valence-electron chi connectivity index (χ4n) is 3.23. The lowest BCUT2D eigenvalue weighted by molar-refractivity contribution is -0.147. The van der Waals surface area contributed by atoms with Gasteiger partial charge < -0.3 is 15.2 Å². The van der Waals surface area contributed by atoms with Crippen LogP contribution in [0.15, 0.2) is 24.3 Å². The quantitative estimate of drug-likeness (QED) is 0.878. The molecule has 0 spiro atoms. The monoisotopic (exact) mass is 293 g/mol. The van der Waals surface area contributed by atoms with E-state index in [2.05, 4.69) is 5.32 Å². The van der Waals surface area contributed by atoms with Crippen molar-refractivity contribution in [3.05, 3.63) is 35.6 Å². The van der Waals surface area contributed by atoms with Crippen LogP contribution in [0, 0.1) is 17.7 Å². The molecule has 0 aromatic heterocycles. The fraction of sp³-hybridized carbons (Fsp3) is 0.467. The number of carbonyl (C=O) groups is 2. The number of carboxylic acid groups (broad SMARTS) is 1. The average molecular weight is 293 g/mol. The summed E-state index contributed by atoms with van der Waals surface area (Å²) in [5.41, 5.74) is 0.765. The van der Waals surface area contributed by atoms with Gasteiger partial charge in [0, 0.05) is 6.54 Å². The number of rotatable bonds is 4. The van der Waals surface area contributed by atoms with E-state index in [0.29, 0.717) is 6.42 Å². The molecule has 1 amide bonds. The predicted molar refractivity (Wildman–Crippen MR) is 70.8 cm³/mol. The normalized spacial score (nSPS) is 30.3. The second-order valence-corrected chi connectivity index (χ2v) is 5.52. The molecule has 0 unspecified atom stereocenters. The van der Waals surface area contributed by atoms with E-state index in [1.165, 1.54) is 12.1 Å². The first-order chi connectivity index (χ1) is 10.1. The molecule has 3 rings (SSSR count). The van der Waals surface area contributed by atoms with E-state index in [0.717, 1.165) is 12.0 Å². The molecule has 2 fully saturated rings. The zero-order chi connectivity index (χ0) is 15.0. The van der Waals surface area contributed by atoms with Gasteiger partial charge in [-0.15, -0.1) is 0 Å². The minimum atomic E-state index is -0.982. The van der Waals surface area contributed by atoms with Crippen LogP contribution in [-0.4, -0.2) is 29.2 Å². The largest absolute Gasteiger partial charge is 0.481 e. The van der Waals surface area contributed by atoms with E-state index in [-0.39, 0.29) is 30.5 Å². The van der Waals surface area contributed by atoms with Crippen LogP contribution >= 0.6 is 0 Å². The van der Waals surface area contributed by atoms with Crippen molar-refractivity contribution in [1.82, 2.24) is 5.32 Å².